The van der Waals surface area contributed by atoms with Gasteiger partial charge in [-0.25, -0.2) is 8.78 Å². The Balaban J connectivity index is 1.76. The lowest BCUT2D eigenvalue weighted by atomic mass is 10.1. The molecule has 18 heavy (non-hydrogen) atoms. The van der Waals surface area contributed by atoms with Crippen LogP contribution in [0.5, 0.6) is 0 Å². The van der Waals surface area contributed by atoms with E-state index in [1.54, 1.807) is 13.8 Å². The van der Waals surface area contributed by atoms with Gasteiger partial charge in [0.05, 0.1) is 25.7 Å². The molecule has 1 aliphatic heterocycles. The Morgan fingerprint density at radius 1 is 1.44 bits per heavy atom. The van der Waals surface area contributed by atoms with Crippen LogP contribution in [0.25, 0.3) is 0 Å². The SMILES string of the molecule is COC(=O)C1CC(OCC2C(C)(C)C2(F)F)CN1. The number of rotatable bonds is 4. The van der Waals surface area contributed by atoms with Crippen molar-refractivity contribution in [2.45, 2.75) is 38.3 Å². The quantitative estimate of drug-likeness (QED) is 0.774. The highest BCUT2D eigenvalue weighted by molar-refractivity contribution is 5.76. The van der Waals surface area contributed by atoms with Gasteiger partial charge >= 0.3 is 5.97 Å². The van der Waals surface area contributed by atoms with E-state index in [9.17, 15) is 13.6 Å². The molecule has 0 aromatic heterocycles. The van der Waals surface area contributed by atoms with E-state index in [1.807, 2.05) is 0 Å². The number of hydrogen-bond acceptors (Lipinski definition) is 4. The van der Waals surface area contributed by atoms with Gasteiger partial charge in [-0.05, 0) is 0 Å². The highest BCUT2D eigenvalue weighted by Gasteiger charge is 2.74. The average Bonchev–Trinajstić information content (AvgIpc) is 2.70. The van der Waals surface area contributed by atoms with Crippen molar-refractivity contribution in [2.75, 3.05) is 20.3 Å². The minimum atomic E-state index is -2.64. The molecular formula is C12H19F2NO3. The van der Waals surface area contributed by atoms with Crippen LogP contribution in [0.4, 0.5) is 8.78 Å². The van der Waals surface area contributed by atoms with E-state index in [2.05, 4.69) is 10.1 Å². The lowest BCUT2D eigenvalue weighted by molar-refractivity contribution is -0.142. The fourth-order valence-electron chi connectivity index (χ4n) is 2.45. The Kier molecular flexibility index (Phi) is 3.36. The molecule has 2 fully saturated rings. The lowest BCUT2D eigenvalue weighted by Gasteiger charge is -2.10. The fraction of sp³-hybridized carbons (Fsp3) is 0.917. The van der Waals surface area contributed by atoms with Crippen LogP contribution in [-0.2, 0) is 14.3 Å². The number of ether oxygens (including phenoxy) is 2. The van der Waals surface area contributed by atoms with Gasteiger partial charge in [-0.1, -0.05) is 13.8 Å². The first-order chi connectivity index (χ1) is 8.30. The van der Waals surface area contributed by atoms with Gasteiger partial charge in [-0.3, -0.25) is 4.79 Å². The molecule has 6 heteroatoms. The molecule has 4 nitrogen and oxygen atoms in total. The van der Waals surface area contributed by atoms with Crippen molar-refractivity contribution in [3.05, 3.63) is 0 Å². The second-order valence-electron chi connectivity index (χ2n) is 5.57. The summed E-state index contributed by atoms with van der Waals surface area (Å²) in [6, 6.07) is -0.382. The first-order valence-corrected chi connectivity index (χ1v) is 6.11. The molecule has 1 aliphatic carbocycles. The van der Waals surface area contributed by atoms with Crippen LogP contribution in [0.1, 0.15) is 20.3 Å². The first-order valence-electron chi connectivity index (χ1n) is 6.11. The maximum Gasteiger partial charge on any atom is 0.322 e. The summed E-state index contributed by atoms with van der Waals surface area (Å²) >= 11 is 0. The van der Waals surface area contributed by atoms with Crippen LogP contribution in [0.15, 0.2) is 0 Å². The van der Waals surface area contributed by atoms with Crippen LogP contribution in [-0.4, -0.2) is 44.3 Å². The molecule has 3 atom stereocenters. The van der Waals surface area contributed by atoms with E-state index >= 15 is 0 Å². The molecule has 1 saturated carbocycles. The van der Waals surface area contributed by atoms with Crippen LogP contribution in [0.2, 0.25) is 0 Å². The van der Waals surface area contributed by atoms with E-state index in [-0.39, 0.29) is 24.7 Å². The fourth-order valence-corrected chi connectivity index (χ4v) is 2.45. The summed E-state index contributed by atoms with van der Waals surface area (Å²) in [4.78, 5) is 11.3. The highest BCUT2D eigenvalue weighted by Crippen LogP contribution is 2.65. The molecule has 104 valence electrons. The lowest BCUT2D eigenvalue weighted by Crippen LogP contribution is -2.31. The van der Waals surface area contributed by atoms with Gasteiger partial charge in [0.25, 0.3) is 5.92 Å². The Bertz CT molecular complexity index is 332. The summed E-state index contributed by atoms with van der Waals surface area (Å²) in [5.74, 6) is -3.69. The largest absolute Gasteiger partial charge is 0.468 e. The van der Waals surface area contributed by atoms with E-state index in [0.29, 0.717) is 13.0 Å². The van der Waals surface area contributed by atoms with Crippen LogP contribution < -0.4 is 5.32 Å². The Morgan fingerprint density at radius 3 is 2.56 bits per heavy atom. The second-order valence-corrected chi connectivity index (χ2v) is 5.57. The van der Waals surface area contributed by atoms with Gasteiger partial charge in [0.15, 0.2) is 0 Å². The summed E-state index contributed by atoms with van der Waals surface area (Å²) in [5, 5.41) is 2.96. The van der Waals surface area contributed by atoms with Crippen LogP contribution in [0.3, 0.4) is 0 Å². The molecule has 0 radical (unpaired) electrons. The Labute approximate surface area is 105 Å². The molecular weight excluding hydrogens is 244 g/mol. The van der Waals surface area contributed by atoms with Gasteiger partial charge in [-0.2, -0.15) is 0 Å². The summed E-state index contributed by atoms with van der Waals surface area (Å²) in [5.41, 5.74) is -0.971. The molecule has 0 aromatic rings. The summed E-state index contributed by atoms with van der Waals surface area (Å²) in [6.07, 6.45) is 0.284. The van der Waals surface area contributed by atoms with Gasteiger partial charge in [0.2, 0.25) is 0 Å². The zero-order chi connectivity index (χ0) is 13.6. The molecule has 0 spiro atoms. The predicted octanol–water partition coefficient (Wildman–Crippen LogP) is 1.20. The number of halogens is 2. The zero-order valence-electron chi connectivity index (χ0n) is 10.8. The third-order valence-corrected chi connectivity index (χ3v) is 4.16. The molecule has 0 aromatic carbocycles. The third-order valence-electron chi connectivity index (χ3n) is 4.16. The van der Waals surface area contributed by atoms with Gasteiger partial charge in [0.1, 0.15) is 6.04 Å². The Morgan fingerprint density at radius 2 is 2.06 bits per heavy atom. The number of esters is 1. The zero-order valence-corrected chi connectivity index (χ0v) is 10.8. The molecule has 1 N–H and O–H groups in total. The first kappa shape index (κ1) is 13.7. The smallest absolute Gasteiger partial charge is 0.322 e. The maximum absolute atomic E-state index is 13.3. The van der Waals surface area contributed by atoms with Gasteiger partial charge < -0.3 is 14.8 Å². The monoisotopic (exact) mass is 263 g/mol. The summed E-state index contributed by atoms with van der Waals surface area (Å²) in [6.45, 7) is 3.63. The minimum Gasteiger partial charge on any atom is -0.468 e. The van der Waals surface area contributed by atoms with Crippen molar-refractivity contribution in [2.24, 2.45) is 11.3 Å². The normalized spacial score (nSPS) is 36.4. The number of carbonyl (C=O) groups is 1. The highest BCUT2D eigenvalue weighted by atomic mass is 19.3. The van der Waals surface area contributed by atoms with Crippen molar-refractivity contribution in [3.63, 3.8) is 0 Å². The summed E-state index contributed by atoms with van der Waals surface area (Å²) < 4.78 is 36.8. The maximum atomic E-state index is 13.3. The molecule has 2 rings (SSSR count). The molecule has 0 bridgehead atoms. The number of nitrogens with one attached hydrogen (secondary N) is 1. The van der Waals surface area contributed by atoms with Crippen molar-refractivity contribution >= 4 is 5.97 Å². The Hall–Kier alpha value is -0.750. The van der Waals surface area contributed by atoms with E-state index in [1.165, 1.54) is 7.11 Å². The van der Waals surface area contributed by atoms with E-state index in [0.717, 1.165) is 0 Å². The van der Waals surface area contributed by atoms with E-state index < -0.39 is 17.3 Å². The standard InChI is InChI=1S/C12H19F2NO3/c1-11(2)9(12(11,13)14)6-18-7-4-8(15-5-7)10(16)17-3/h7-9,15H,4-6H2,1-3H3. The topological polar surface area (TPSA) is 47.6 Å². The molecule has 0 amide bonds. The van der Waals surface area contributed by atoms with Crippen LogP contribution in [0, 0.1) is 11.3 Å². The van der Waals surface area contributed by atoms with Crippen molar-refractivity contribution in [1.29, 1.82) is 0 Å². The number of methoxy groups -OCH3 is 1. The van der Waals surface area contributed by atoms with Gasteiger partial charge in [0, 0.05) is 18.4 Å². The number of hydrogen-bond donors (Lipinski definition) is 1. The predicted molar refractivity (Wildman–Crippen MR) is 60.4 cm³/mol. The second kappa shape index (κ2) is 4.42. The van der Waals surface area contributed by atoms with Crippen molar-refractivity contribution < 1.29 is 23.0 Å². The average molecular weight is 263 g/mol. The van der Waals surface area contributed by atoms with Crippen LogP contribution >= 0.6 is 0 Å². The van der Waals surface area contributed by atoms with Crippen molar-refractivity contribution in [1.82, 2.24) is 5.32 Å². The van der Waals surface area contributed by atoms with Gasteiger partial charge in [-0.15, -0.1) is 0 Å². The van der Waals surface area contributed by atoms with E-state index in [4.69, 9.17) is 4.74 Å². The molecule has 1 heterocycles. The minimum absolute atomic E-state index is 0.0419. The molecule has 2 aliphatic rings. The molecule has 3 unspecified atom stereocenters. The number of carbonyl (C=O) groups excluding carboxylic acids is 1. The number of alkyl halides is 2. The third kappa shape index (κ3) is 2.12. The molecule has 1 saturated heterocycles. The summed E-state index contributed by atoms with van der Waals surface area (Å²) in [7, 11) is 1.32. The van der Waals surface area contributed by atoms with Crippen molar-refractivity contribution in [3.8, 4) is 0 Å².